The molecule has 1 saturated heterocycles. The lowest BCUT2D eigenvalue weighted by Crippen LogP contribution is -2.22. The molecule has 3 heterocycles. The standard InChI is InChI=1S/C37H38F4N2O2/c1-20-16-21(25-19-23(37(39,40)41)11-13-31(25)44-5)17-26-24-8-6-7-9-30(24)43(33(20)26)34-27-18-22(36(2,3)4)10-12-29(27)42-32(34)35-28(38)14-15-45-35/h6-13,18-20,28,31,35,42H,14-17H2,1-5H3/b25-21+/t20?,28-,31?,35+/m1/s1. The maximum atomic E-state index is 15.4. The summed E-state index contributed by atoms with van der Waals surface area (Å²) in [5.74, 6) is -0.0379. The van der Waals surface area contributed by atoms with Crippen LogP contribution < -0.4 is 0 Å². The van der Waals surface area contributed by atoms with Crippen molar-refractivity contribution in [2.75, 3.05) is 13.7 Å². The van der Waals surface area contributed by atoms with Gasteiger partial charge in [0.1, 0.15) is 18.4 Å². The maximum absolute atomic E-state index is 15.4. The van der Waals surface area contributed by atoms with E-state index in [1.54, 1.807) is 0 Å². The lowest BCUT2D eigenvalue weighted by Gasteiger charge is -2.30. The average molecular weight is 619 g/mol. The lowest BCUT2D eigenvalue weighted by atomic mass is 9.79. The highest BCUT2D eigenvalue weighted by Crippen LogP contribution is 2.48. The summed E-state index contributed by atoms with van der Waals surface area (Å²) in [4.78, 5) is 3.55. The second-order valence-electron chi connectivity index (χ2n) is 13.7. The Morgan fingerprint density at radius 2 is 1.82 bits per heavy atom. The second kappa shape index (κ2) is 10.7. The number of hydrogen-bond acceptors (Lipinski definition) is 2. The van der Waals surface area contributed by atoms with Crippen LogP contribution in [0.2, 0.25) is 0 Å². The van der Waals surface area contributed by atoms with Crippen LogP contribution in [0.4, 0.5) is 17.6 Å². The summed E-state index contributed by atoms with van der Waals surface area (Å²) in [7, 11) is 1.53. The Labute approximate surface area is 260 Å². The molecule has 2 aromatic heterocycles. The van der Waals surface area contributed by atoms with E-state index in [9.17, 15) is 13.2 Å². The third-order valence-electron chi connectivity index (χ3n) is 9.68. The number of nitrogens with one attached hydrogen (secondary N) is 1. The van der Waals surface area contributed by atoms with E-state index >= 15 is 4.39 Å². The molecule has 2 unspecified atom stereocenters. The van der Waals surface area contributed by atoms with Crippen molar-refractivity contribution >= 4 is 21.8 Å². The number of ether oxygens (including phenoxy) is 2. The molecular formula is C37H38F4N2O2. The molecule has 1 N–H and O–H groups in total. The van der Waals surface area contributed by atoms with E-state index in [0.717, 1.165) is 56.1 Å². The normalized spacial score (nSPS) is 25.8. The summed E-state index contributed by atoms with van der Waals surface area (Å²) < 4.78 is 70.7. The number of aromatic amines is 1. The molecular weight excluding hydrogens is 580 g/mol. The first-order valence-corrected chi connectivity index (χ1v) is 15.6. The van der Waals surface area contributed by atoms with E-state index in [-0.39, 0.29) is 11.3 Å². The Morgan fingerprint density at radius 1 is 1.04 bits per heavy atom. The number of aromatic nitrogens is 2. The minimum Gasteiger partial charge on any atom is -0.373 e. The predicted octanol–water partition coefficient (Wildman–Crippen LogP) is 9.63. The van der Waals surface area contributed by atoms with E-state index in [0.29, 0.717) is 31.4 Å². The number of methoxy groups -OCH3 is 1. The molecule has 4 atom stereocenters. The molecule has 8 heteroatoms. The van der Waals surface area contributed by atoms with Crippen LogP contribution in [-0.4, -0.2) is 41.7 Å². The van der Waals surface area contributed by atoms with Crippen LogP contribution in [0, 0.1) is 0 Å². The average Bonchev–Trinajstić information content (AvgIpc) is 3.68. The molecule has 0 bridgehead atoms. The van der Waals surface area contributed by atoms with Gasteiger partial charge in [-0.05, 0) is 59.2 Å². The summed E-state index contributed by atoms with van der Waals surface area (Å²) in [6, 6.07) is 14.5. The van der Waals surface area contributed by atoms with E-state index in [2.05, 4.69) is 67.6 Å². The van der Waals surface area contributed by atoms with Crippen LogP contribution in [0.3, 0.4) is 0 Å². The monoisotopic (exact) mass is 618 g/mol. The highest BCUT2D eigenvalue weighted by Gasteiger charge is 2.39. The number of H-pyrrole nitrogens is 1. The second-order valence-corrected chi connectivity index (χ2v) is 13.7. The largest absolute Gasteiger partial charge is 0.416 e. The van der Waals surface area contributed by atoms with Gasteiger partial charge in [0, 0.05) is 41.4 Å². The van der Waals surface area contributed by atoms with E-state index < -0.39 is 30.1 Å². The van der Waals surface area contributed by atoms with E-state index in [4.69, 9.17) is 9.47 Å². The van der Waals surface area contributed by atoms with Gasteiger partial charge in [-0.15, -0.1) is 0 Å². The summed E-state index contributed by atoms with van der Waals surface area (Å²) in [6.45, 7) is 9.01. The van der Waals surface area contributed by atoms with Crippen LogP contribution in [0.5, 0.6) is 0 Å². The van der Waals surface area contributed by atoms with Crippen molar-refractivity contribution in [2.45, 2.75) is 82.8 Å². The van der Waals surface area contributed by atoms with Crippen molar-refractivity contribution in [1.29, 1.82) is 0 Å². The molecule has 45 heavy (non-hydrogen) atoms. The Kier molecular flexibility index (Phi) is 7.17. The number of alkyl halides is 4. The van der Waals surface area contributed by atoms with Gasteiger partial charge in [0.25, 0.3) is 0 Å². The molecule has 4 aromatic rings. The van der Waals surface area contributed by atoms with E-state index in [1.165, 1.54) is 24.8 Å². The van der Waals surface area contributed by atoms with Gasteiger partial charge in [-0.2, -0.15) is 13.2 Å². The minimum atomic E-state index is -4.45. The van der Waals surface area contributed by atoms with Crippen molar-refractivity contribution in [2.24, 2.45) is 0 Å². The molecule has 1 aliphatic heterocycles. The smallest absolute Gasteiger partial charge is 0.373 e. The van der Waals surface area contributed by atoms with Gasteiger partial charge in [-0.1, -0.05) is 69.7 Å². The van der Waals surface area contributed by atoms with Crippen LogP contribution in [0.15, 0.2) is 77.4 Å². The molecule has 3 aliphatic rings. The first-order valence-electron chi connectivity index (χ1n) is 15.6. The Hall–Kier alpha value is -3.62. The van der Waals surface area contributed by atoms with Crippen molar-refractivity contribution in [3.05, 3.63) is 99.9 Å². The van der Waals surface area contributed by atoms with Gasteiger partial charge in [-0.25, -0.2) is 4.39 Å². The molecule has 0 saturated carbocycles. The zero-order chi connectivity index (χ0) is 31.8. The van der Waals surface area contributed by atoms with Crippen molar-refractivity contribution < 1.29 is 27.0 Å². The van der Waals surface area contributed by atoms with Gasteiger partial charge in [-0.3, -0.25) is 0 Å². The van der Waals surface area contributed by atoms with Gasteiger partial charge < -0.3 is 19.0 Å². The van der Waals surface area contributed by atoms with Gasteiger partial charge >= 0.3 is 6.18 Å². The fourth-order valence-electron chi connectivity index (χ4n) is 7.46. The highest BCUT2D eigenvalue weighted by molar-refractivity contribution is 5.96. The SMILES string of the molecule is COC1C=CC(C(F)(F)F)=C/C1=C1\Cc2c(n(-c3c([C@H]4OCC[C@H]4F)[nH]c4ccc(C(C)(C)C)cc34)c3ccccc23)C(C)C1. The third kappa shape index (κ3) is 4.97. The number of hydrogen-bond donors (Lipinski definition) is 1. The topological polar surface area (TPSA) is 39.2 Å². The fourth-order valence-corrected chi connectivity index (χ4v) is 7.46. The molecule has 0 spiro atoms. The minimum absolute atomic E-state index is 0.0379. The van der Waals surface area contributed by atoms with Gasteiger partial charge in [0.15, 0.2) is 0 Å². The molecule has 2 aromatic carbocycles. The number of allylic oxidation sites excluding steroid dienone is 3. The van der Waals surface area contributed by atoms with Crippen molar-refractivity contribution in [3.8, 4) is 5.69 Å². The highest BCUT2D eigenvalue weighted by atomic mass is 19.4. The van der Waals surface area contributed by atoms with Crippen molar-refractivity contribution in [3.63, 3.8) is 0 Å². The number of fused-ring (bicyclic) bond motifs is 4. The third-order valence-corrected chi connectivity index (χ3v) is 9.68. The zero-order valence-electron chi connectivity index (χ0n) is 26.2. The van der Waals surface area contributed by atoms with Crippen LogP contribution in [-0.2, 0) is 21.3 Å². The van der Waals surface area contributed by atoms with E-state index in [1.807, 2.05) is 12.1 Å². The van der Waals surface area contributed by atoms with Crippen LogP contribution >= 0.6 is 0 Å². The summed E-state index contributed by atoms with van der Waals surface area (Å²) in [6.07, 6.45) is -1.59. The Bertz CT molecular complexity index is 1900. The fraction of sp³-hybridized carbons (Fsp3) is 0.405. The first-order chi connectivity index (χ1) is 21.4. The quantitative estimate of drug-likeness (QED) is 0.232. The first kappa shape index (κ1) is 30.1. The number of rotatable bonds is 3. The molecule has 7 rings (SSSR count). The molecule has 0 amide bonds. The van der Waals surface area contributed by atoms with Crippen molar-refractivity contribution in [1.82, 2.24) is 9.55 Å². The molecule has 4 nitrogen and oxygen atoms in total. The van der Waals surface area contributed by atoms with Gasteiger partial charge in [0.2, 0.25) is 0 Å². The lowest BCUT2D eigenvalue weighted by molar-refractivity contribution is -0.0885. The number of halogens is 4. The van der Waals surface area contributed by atoms with Gasteiger partial charge in [0.05, 0.1) is 29.1 Å². The molecule has 2 aliphatic carbocycles. The Balaban J connectivity index is 1.49. The predicted molar refractivity (Wildman–Crippen MR) is 170 cm³/mol. The number of nitrogens with zero attached hydrogens (tertiary/aromatic N) is 1. The van der Waals surface area contributed by atoms with Crippen LogP contribution in [0.1, 0.15) is 75.1 Å². The molecule has 0 radical (unpaired) electrons. The zero-order valence-corrected chi connectivity index (χ0v) is 26.2. The summed E-state index contributed by atoms with van der Waals surface area (Å²) in [5, 5.41) is 2.03. The number of para-hydroxylation sites is 1. The molecule has 1 fully saturated rings. The summed E-state index contributed by atoms with van der Waals surface area (Å²) >= 11 is 0. The maximum Gasteiger partial charge on any atom is 0.416 e. The van der Waals surface area contributed by atoms with Crippen LogP contribution in [0.25, 0.3) is 27.5 Å². The Morgan fingerprint density at radius 3 is 2.51 bits per heavy atom. The molecule has 236 valence electrons. The summed E-state index contributed by atoms with van der Waals surface area (Å²) in [5.41, 5.74) is 7.58. The number of benzene rings is 2.